The van der Waals surface area contributed by atoms with Crippen LogP contribution >= 0.6 is 0 Å². The van der Waals surface area contributed by atoms with Crippen LogP contribution in [0.3, 0.4) is 0 Å². The van der Waals surface area contributed by atoms with E-state index in [0.717, 1.165) is 43.7 Å². The molecule has 1 aromatic heterocycles. The fourth-order valence-electron chi connectivity index (χ4n) is 3.49. The molecule has 0 amide bonds. The maximum absolute atomic E-state index is 5.35. The molecular weight excluding hydrogens is 262 g/mol. The van der Waals surface area contributed by atoms with Crippen molar-refractivity contribution in [2.24, 2.45) is 0 Å². The SMILES string of the molecule is CCCn1c(C2(CC)CCNC2)nc2cc(OC)ccc21. The van der Waals surface area contributed by atoms with Gasteiger partial charge in [0.25, 0.3) is 0 Å². The summed E-state index contributed by atoms with van der Waals surface area (Å²) in [5, 5.41) is 3.52. The van der Waals surface area contributed by atoms with E-state index >= 15 is 0 Å². The van der Waals surface area contributed by atoms with E-state index in [-0.39, 0.29) is 5.41 Å². The number of ether oxygens (including phenoxy) is 1. The minimum atomic E-state index is 0.182. The average molecular weight is 287 g/mol. The Labute approximate surface area is 126 Å². The summed E-state index contributed by atoms with van der Waals surface area (Å²) in [7, 11) is 1.71. The van der Waals surface area contributed by atoms with Gasteiger partial charge in [-0.15, -0.1) is 0 Å². The highest BCUT2D eigenvalue weighted by molar-refractivity contribution is 5.78. The number of fused-ring (bicyclic) bond motifs is 1. The van der Waals surface area contributed by atoms with E-state index in [1.807, 2.05) is 6.07 Å². The van der Waals surface area contributed by atoms with Crippen LogP contribution < -0.4 is 10.1 Å². The number of benzene rings is 1. The first-order valence-electron chi connectivity index (χ1n) is 7.99. The third-order valence-electron chi connectivity index (χ3n) is 4.80. The highest BCUT2D eigenvalue weighted by Gasteiger charge is 2.38. The van der Waals surface area contributed by atoms with Gasteiger partial charge in [-0.2, -0.15) is 0 Å². The molecule has 4 heteroatoms. The molecule has 4 nitrogen and oxygen atoms in total. The van der Waals surface area contributed by atoms with Crippen LogP contribution in [0.2, 0.25) is 0 Å². The number of nitrogens with one attached hydrogen (secondary N) is 1. The normalized spacial score (nSPS) is 22.0. The summed E-state index contributed by atoms with van der Waals surface area (Å²) in [6.07, 6.45) is 3.43. The zero-order valence-corrected chi connectivity index (χ0v) is 13.3. The third-order valence-corrected chi connectivity index (χ3v) is 4.80. The highest BCUT2D eigenvalue weighted by Crippen LogP contribution is 2.36. The molecule has 1 saturated heterocycles. The number of hydrogen-bond acceptors (Lipinski definition) is 3. The molecule has 21 heavy (non-hydrogen) atoms. The van der Waals surface area contributed by atoms with Gasteiger partial charge in [0.1, 0.15) is 11.6 Å². The van der Waals surface area contributed by atoms with Crippen LogP contribution in [0.4, 0.5) is 0 Å². The zero-order valence-electron chi connectivity index (χ0n) is 13.3. The number of imidazole rings is 1. The zero-order chi connectivity index (χ0) is 14.9. The molecule has 0 aliphatic carbocycles. The summed E-state index contributed by atoms with van der Waals surface area (Å²) < 4.78 is 7.77. The quantitative estimate of drug-likeness (QED) is 0.918. The number of nitrogens with zero attached hydrogens (tertiary/aromatic N) is 2. The summed E-state index contributed by atoms with van der Waals surface area (Å²) in [5.74, 6) is 2.13. The fraction of sp³-hybridized carbons (Fsp3) is 0.588. The Bertz CT molecular complexity index is 626. The van der Waals surface area contributed by atoms with Gasteiger partial charge in [-0.05, 0) is 37.9 Å². The summed E-state index contributed by atoms with van der Waals surface area (Å²) in [5.41, 5.74) is 2.46. The predicted octanol–water partition coefficient (Wildman–Crippen LogP) is 3.10. The number of rotatable bonds is 5. The molecule has 2 heterocycles. The lowest BCUT2D eigenvalue weighted by Gasteiger charge is -2.27. The largest absolute Gasteiger partial charge is 0.497 e. The Morgan fingerprint density at radius 1 is 1.38 bits per heavy atom. The molecule has 3 rings (SSSR count). The van der Waals surface area contributed by atoms with Crippen molar-refractivity contribution < 1.29 is 4.74 Å². The molecule has 1 fully saturated rings. The Hall–Kier alpha value is -1.55. The van der Waals surface area contributed by atoms with Crippen molar-refractivity contribution in [1.82, 2.24) is 14.9 Å². The van der Waals surface area contributed by atoms with Crippen molar-refractivity contribution in [2.45, 2.75) is 45.1 Å². The molecule has 1 N–H and O–H groups in total. The standard InChI is InChI=1S/C17H25N3O/c1-4-10-20-15-7-6-13(21-3)11-14(15)19-16(20)17(5-2)8-9-18-12-17/h6-7,11,18H,4-5,8-10,12H2,1-3H3. The molecule has 1 aromatic carbocycles. The van der Waals surface area contributed by atoms with E-state index in [0.29, 0.717) is 0 Å². The molecule has 1 atom stereocenters. The Morgan fingerprint density at radius 3 is 2.86 bits per heavy atom. The van der Waals surface area contributed by atoms with Crippen LogP contribution in [0, 0.1) is 0 Å². The molecule has 0 radical (unpaired) electrons. The minimum Gasteiger partial charge on any atom is -0.497 e. The van der Waals surface area contributed by atoms with Gasteiger partial charge in [-0.25, -0.2) is 4.98 Å². The van der Waals surface area contributed by atoms with Gasteiger partial charge < -0.3 is 14.6 Å². The first-order valence-corrected chi connectivity index (χ1v) is 7.99. The monoisotopic (exact) mass is 287 g/mol. The van der Waals surface area contributed by atoms with Crippen LogP contribution in [0.5, 0.6) is 5.75 Å². The second-order valence-corrected chi connectivity index (χ2v) is 6.00. The molecule has 0 saturated carbocycles. The van der Waals surface area contributed by atoms with Crippen LogP contribution in [0.25, 0.3) is 11.0 Å². The molecule has 0 bridgehead atoms. The summed E-state index contributed by atoms with van der Waals surface area (Å²) in [6, 6.07) is 6.23. The average Bonchev–Trinajstić information content (AvgIpc) is 3.13. The predicted molar refractivity (Wildman–Crippen MR) is 86.0 cm³/mol. The lowest BCUT2D eigenvalue weighted by molar-refractivity contribution is 0.405. The van der Waals surface area contributed by atoms with Gasteiger partial charge in [-0.1, -0.05) is 13.8 Å². The van der Waals surface area contributed by atoms with Crippen LogP contribution in [0.1, 0.15) is 38.9 Å². The maximum Gasteiger partial charge on any atom is 0.121 e. The lowest BCUT2D eigenvalue weighted by Crippen LogP contribution is -2.32. The molecule has 2 aromatic rings. The van der Waals surface area contributed by atoms with E-state index in [2.05, 4.69) is 35.9 Å². The molecule has 1 aliphatic rings. The summed E-state index contributed by atoms with van der Waals surface area (Å²) >= 11 is 0. The molecule has 0 spiro atoms. The number of aromatic nitrogens is 2. The third kappa shape index (κ3) is 2.31. The van der Waals surface area contributed by atoms with E-state index < -0.39 is 0 Å². The van der Waals surface area contributed by atoms with Crippen LogP contribution in [-0.2, 0) is 12.0 Å². The first kappa shape index (κ1) is 14.4. The van der Waals surface area contributed by atoms with Gasteiger partial charge in [0, 0.05) is 24.6 Å². The maximum atomic E-state index is 5.35. The highest BCUT2D eigenvalue weighted by atomic mass is 16.5. The minimum absolute atomic E-state index is 0.182. The number of aryl methyl sites for hydroxylation is 1. The molecular formula is C17H25N3O. The van der Waals surface area contributed by atoms with Crippen molar-refractivity contribution in [3.8, 4) is 5.75 Å². The van der Waals surface area contributed by atoms with Crippen molar-refractivity contribution in [1.29, 1.82) is 0 Å². The Kier molecular flexibility index (Phi) is 3.89. The molecule has 1 unspecified atom stereocenters. The number of methoxy groups -OCH3 is 1. The summed E-state index contributed by atoms with van der Waals surface area (Å²) in [6.45, 7) is 7.66. The van der Waals surface area contributed by atoms with E-state index in [1.54, 1.807) is 7.11 Å². The number of hydrogen-bond donors (Lipinski definition) is 1. The second kappa shape index (κ2) is 5.68. The van der Waals surface area contributed by atoms with Crippen molar-refractivity contribution in [3.63, 3.8) is 0 Å². The second-order valence-electron chi connectivity index (χ2n) is 6.00. The Morgan fingerprint density at radius 2 is 2.24 bits per heavy atom. The van der Waals surface area contributed by atoms with Gasteiger partial charge in [0.2, 0.25) is 0 Å². The van der Waals surface area contributed by atoms with E-state index in [1.165, 1.54) is 17.8 Å². The topological polar surface area (TPSA) is 39.1 Å². The van der Waals surface area contributed by atoms with Crippen molar-refractivity contribution >= 4 is 11.0 Å². The molecule has 114 valence electrons. The smallest absolute Gasteiger partial charge is 0.121 e. The van der Waals surface area contributed by atoms with Gasteiger partial charge in [0.05, 0.1) is 18.1 Å². The van der Waals surface area contributed by atoms with Crippen molar-refractivity contribution in [3.05, 3.63) is 24.0 Å². The summed E-state index contributed by atoms with van der Waals surface area (Å²) in [4.78, 5) is 5.01. The van der Waals surface area contributed by atoms with Crippen LogP contribution in [0.15, 0.2) is 18.2 Å². The van der Waals surface area contributed by atoms with Gasteiger partial charge >= 0.3 is 0 Å². The van der Waals surface area contributed by atoms with Crippen molar-refractivity contribution in [2.75, 3.05) is 20.2 Å². The molecule has 1 aliphatic heterocycles. The lowest BCUT2D eigenvalue weighted by atomic mass is 9.83. The fourth-order valence-corrected chi connectivity index (χ4v) is 3.49. The van der Waals surface area contributed by atoms with E-state index in [4.69, 9.17) is 9.72 Å². The van der Waals surface area contributed by atoms with Gasteiger partial charge in [-0.3, -0.25) is 0 Å². The Balaban J connectivity index is 2.18. The van der Waals surface area contributed by atoms with Gasteiger partial charge in [0.15, 0.2) is 0 Å². The van der Waals surface area contributed by atoms with Crippen LogP contribution in [-0.4, -0.2) is 29.8 Å². The van der Waals surface area contributed by atoms with E-state index in [9.17, 15) is 0 Å². The first-order chi connectivity index (χ1) is 10.2.